The molecule has 1 aliphatic rings. The molecule has 0 aromatic heterocycles. The molecule has 1 fully saturated rings. The lowest BCUT2D eigenvalue weighted by molar-refractivity contribution is -0.144. The van der Waals surface area contributed by atoms with Crippen molar-refractivity contribution in [3.8, 4) is 0 Å². The highest BCUT2D eigenvalue weighted by molar-refractivity contribution is 7.80. The number of ether oxygens (including phenoxy) is 1. The quantitative estimate of drug-likeness (QED) is 0.664. The molecule has 98 valence electrons. The highest BCUT2D eigenvalue weighted by Crippen LogP contribution is 2.23. The number of hydrogen-bond donors (Lipinski definition) is 1. The maximum atomic E-state index is 11.7. The molecule has 2 nitrogen and oxygen atoms in total. The van der Waals surface area contributed by atoms with Gasteiger partial charge in [-0.3, -0.25) is 4.79 Å². The zero-order valence-electron chi connectivity index (χ0n) is 10.6. The molecule has 1 aliphatic carbocycles. The number of thiol groups is 1. The highest BCUT2D eigenvalue weighted by Gasteiger charge is 2.15. The van der Waals surface area contributed by atoms with Crippen molar-refractivity contribution in [1.82, 2.24) is 0 Å². The molecule has 0 unspecified atom stereocenters. The van der Waals surface area contributed by atoms with Crippen LogP contribution in [0.25, 0.3) is 0 Å². The third-order valence-electron chi connectivity index (χ3n) is 3.49. The van der Waals surface area contributed by atoms with Crippen LogP contribution in [-0.2, 0) is 16.0 Å². The fourth-order valence-electron chi connectivity index (χ4n) is 2.40. The molecule has 0 amide bonds. The third kappa shape index (κ3) is 4.37. The number of esters is 1. The van der Waals surface area contributed by atoms with Crippen molar-refractivity contribution >= 4 is 18.6 Å². The Labute approximate surface area is 114 Å². The van der Waals surface area contributed by atoms with Crippen LogP contribution < -0.4 is 0 Å². The van der Waals surface area contributed by atoms with Crippen molar-refractivity contribution in [2.75, 3.05) is 6.61 Å². The van der Waals surface area contributed by atoms with Gasteiger partial charge >= 0.3 is 5.97 Å². The molecule has 1 aromatic rings. The molecular weight excluding hydrogens is 244 g/mol. The van der Waals surface area contributed by atoms with E-state index in [0.29, 0.717) is 18.9 Å². The van der Waals surface area contributed by atoms with Gasteiger partial charge in [-0.05, 0) is 36.5 Å². The summed E-state index contributed by atoms with van der Waals surface area (Å²) in [4.78, 5) is 12.6. The predicted molar refractivity (Wildman–Crippen MR) is 74.9 cm³/mol. The lowest BCUT2D eigenvalue weighted by Crippen LogP contribution is -2.17. The molecule has 1 saturated carbocycles. The minimum Gasteiger partial charge on any atom is -0.465 e. The second-order valence-corrected chi connectivity index (χ2v) is 5.55. The van der Waals surface area contributed by atoms with Gasteiger partial charge in [0.1, 0.15) is 0 Å². The normalized spacial score (nSPS) is 16.5. The van der Waals surface area contributed by atoms with Gasteiger partial charge < -0.3 is 4.74 Å². The predicted octanol–water partition coefficient (Wildman–Crippen LogP) is 3.64. The number of carbonyl (C=O) groups is 1. The number of carbonyl (C=O) groups excluding carboxylic acids is 1. The average molecular weight is 264 g/mol. The SMILES string of the molecule is O=C(Cc1ccc(S)cc1)OCC1CCCCC1. The topological polar surface area (TPSA) is 26.3 Å². The largest absolute Gasteiger partial charge is 0.465 e. The van der Waals surface area contributed by atoms with Crippen molar-refractivity contribution < 1.29 is 9.53 Å². The summed E-state index contributed by atoms with van der Waals surface area (Å²) >= 11 is 4.22. The first-order valence-electron chi connectivity index (χ1n) is 6.67. The summed E-state index contributed by atoms with van der Waals surface area (Å²) < 4.78 is 5.36. The van der Waals surface area contributed by atoms with Crippen LogP contribution in [0.15, 0.2) is 29.2 Å². The Balaban J connectivity index is 1.73. The maximum absolute atomic E-state index is 11.7. The van der Waals surface area contributed by atoms with E-state index in [2.05, 4.69) is 12.6 Å². The van der Waals surface area contributed by atoms with E-state index in [1.807, 2.05) is 24.3 Å². The lowest BCUT2D eigenvalue weighted by atomic mass is 9.90. The Morgan fingerprint density at radius 2 is 1.83 bits per heavy atom. The molecule has 0 spiro atoms. The number of benzene rings is 1. The second kappa shape index (κ2) is 6.83. The minimum absolute atomic E-state index is 0.118. The lowest BCUT2D eigenvalue weighted by Gasteiger charge is -2.21. The fraction of sp³-hybridized carbons (Fsp3) is 0.533. The van der Waals surface area contributed by atoms with Gasteiger partial charge in [-0.1, -0.05) is 31.4 Å². The Kier molecular flexibility index (Phi) is 5.12. The van der Waals surface area contributed by atoms with Crippen LogP contribution in [0.5, 0.6) is 0 Å². The van der Waals surface area contributed by atoms with Gasteiger partial charge in [0, 0.05) is 4.90 Å². The first-order valence-corrected chi connectivity index (χ1v) is 7.12. The summed E-state index contributed by atoms with van der Waals surface area (Å²) in [7, 11) is 0. The number of rotatable bonds is 4. The van der Waals surface area contributed by atoms with E-state index < -0.39 is 0 Å². The highest BCUT2D eigenvalue weighted by atomic mass is 32.1. The van der Waals surface area contributed by atoms with Gasteiger partial charge in [0.25, 0.3) is 0 Å². The fourth-order valence-corrected chi connectivity index (χ4v) is 2.55. The average Bonchev–Trinajstić information content (AvgIpc) is 2.40. The van der Waals surface area contributed by atoms with Crippen LogP contribution in [0, 0.1) is 5.92 Å². The van der Waals surface area contributed by atoms with Crippen molar-refractivity contribution in [2.45, 2.75) is 43.4 Å². The standard InChI is InChI=1S/C15H20O2S/c16-15(10-12-6-8-14(18)9-7-12)17-11-13-4-2-1-3-5-13/h6-9,13,18H,1-5,10-11H2. The molecule has 0 N–H and O–H groups in total. The molecule has 2 rings (SSSR count). The van der Waals surface area contributed by atoms with Gasteiger partial charge in [-0.15, -0.1) is 12.6 Å². The summed E-state index contributed by atoms with van der Waals surface area (Å²) in [6.45, 7) is 0.601. The maximum Gasteiger partial charge on any atom is 0.310 e. The molecule has 0 bridgehead atoms. The molecule has 0 saturated heterocycles. The van der Waals surface area contributed by atoms with E-state index in [9.17, 15) is 4.79 Å². The Morgan fingerprint density at radius 3 is 2.50 bits per heavy atom. The van der Waals surface area contributed by atoms with Crippen molar-refractivity contribution in [1.29, 1.82) is 0 Å². The summed E-state index contributed by atoms with van der Waals surface area (Å²) in [5.41, 5.74) is 0.987. The van der Waals surface area contributed by atoms with Gasteiger partial charge in [0.15, 0.2) is 0 Å². The van der Waals surface area contributed by atoms with E-state index >= 15 is 0 Å². The second-order valence-electron chi connectivity index (χ2n) is 5.03. The minimum atomic E-state index is -0.118. The summed E-state index contributed by atoms with van der Waals surface area (Å²) in [5.74, 6) is 0.468. The van der Waals surface area contributed by atoms with E-state index in [1.165, 1.54) is 32.1 Å². The molecule has 0 heterocycles. The van der Waals surface area contributed by atoms with Crippen LogP contribution in [0.1, 0.15) is 37.7 Å². The molecule has 3 heteroatoms. The number of hydrogen-bond acceptors (Lipinski definition) is 3. The van der Waals surface area contributed by atoms with Gasteiger partial charge in [-0.2, -0.15) is 0 Å². The first-order chi connectivity index (χ1) is 8.74. The van der Waals surface area contributed by atoms with Gasteiger partial charge in [-0.25, -0.2) is 0 Å². The molecule has 18 heavy (non-hydrogen) atoms. The van der Waals surface area contributed by atoms with Crippen LogP contribution >= 0.6 is 12.6 Å². The molecule has 0 radical (unpaired) electrons. The van der Waals surface area contributed by atoms with Crippen LogP contribution in [-0.4, -0.2) is 12.6 Å². The van der Waals surface area contributed by atoms with Crippen LogP contribution in [0.4, 0.5) is 0 Å². The molecule has 1 aromatic carbocycles. The summed E-state index contributed by atoms with van der Waals surface area (Å²) in [5, 5.41) is 0. The van der Waals surface area contributed by atoms with Gasteiger partial charge in [0.05, 0.1) is 13.0 Å². The Bertz CT molecular complexity index is 380. The van der Waals surface area contributed by atoms with Crippen molar-refractivity contribution in [3.63, 3.8) is 0 Å². The van der Waals surface area contributed by atoms with E-state index in [-0.39, 0.29) is 5.97 Å². The smallest absolute Gasteiger partial charge is 0.310 e. The monoisotopic (exact) mass is 264 g/mol. The van der Waals surface area contributed by atoms with Gasteiger partial charge in [0.2, 0.25) is 0 Å². The van der Waals surface area contributed by atoms with Crippen molar-refractivity contribution in [2.24, 2.45) is 5.92 Å². The van der Waals surface area contributed by atoms with Crippen LogP contribution in [0.3, 0.4) is 0 Å². The van der Waals surface area contributed by atoms with Crippen LogP contribution in [0.2, 0.25) is 0 Å². The molecule has 0 atom stereocenters. The molecule has 0 aliphatic heterocycles. The Hall–Kier alpha value is -0.960. The van der Waals surface area contributed by atoms with Crippen molar-refractivity contribution in [3.05, 3.63) is 29.8 Å². The van der Waals surface area contributed by atoms with E-state index in [1.54, 1.807) is 0 Å². The summed E-state index contributed by atoms with van der Waals surface area (Å²) in [6, 6.07) is 7.63. The first kappa shape index (κ1) is 13.5. The summed E-state index contributed by atoms with van der Waals surface area (Å²) in [6.07, 6.45) is 6.68. The van der Waals surface area contributed by atoms with E-state index in [4.69, 9.17) is 4.74 Å². The third-order valence-corrected chi connectivity index (χ3v) is 3.79. The zero-order valence-corrected chi connectivity index (χ0v) is 11.5. The zero-order chi connectivity index (χ0) is 12.8. The molecular formula is C15H20O2S. The van der Waals surface area contributed by atoms with E-state index in [0.717, 1.165) is 10.5 Å². The Morgan fingerprint density at radius 1 is 1.17 bits per heavy atom.